The second kappa shape index (κ2) is 4.66. The van der Waals surface area contributed by atoms with Crippen molar-refractivity contribution in [3.63, 3.8) is 0 Å². The fourth-order valence-electron chi connectivity index (χ4n) is 1.56. The molecule has 0 spiro atoms. The van der Waals surface area contributed by atoms with Crippen molar-refractivity contribution < 1.29 is 0 Å². The predicted octanol–water partition coefficient (Wildman–Crippen LogP) is 4.39. The van der Waals surface area contributed by atoms with Gasteiger partial charge in [-0.05, 0) is 12.1 Å². The molecule has 0 aliphatic heterocycles. The molecule has 1 aromatic heterocycles. The first-order valence-corrected chi connectivity index (χ1v) is 5.94. The van der Waals surface area contributed by atoms with E-state index in [4.69, 9.17) is 34.8 Å². The number of imidazole rings is 1. The zero-order chi connectivity index (χ0) is 11.7. The second-order valence-electron chi connectivity index (χ2n) is 3.29. The van der Waals surface area contributed by atoms with E-state index in [9.17, 15) is 0 Å². The van der Waals surface area contributed by atoms with Gasteiger partial charge in [0.1, 0.15) is 5.82 Å². The molecule has 0 amide bonds. The average molecular weight is 276 g/mol. The number of nitrogens with zero attached hydrogens (tertiary/aromatic N) is 2. The molecule has 0 saturated heterocycles. The highest BCUT2D eigenvalue weighted by atomic mass is 35.5. The molecule has 0 unspecified atom stereocenters. The molecule has 1 heterocycles. The number of rotatable bonds is 2. The van der Waals surface area contributed by atoms with Gasteiger partial charge in [-0.1, -0.05) is 41.7 Å². The zero-order valence-electron chi connectivity index (χ0n) is 8.54. The van der Waals surface area contributed by atoms with E-state index in [2.05, 4.69) is 4.98 Å². The highest BCUT2D eigenvalue weighted by molar-refractivity contribution is 6.40. The van der Waals surface area contributed by atoms with Gasteiger partial charge in [0.15, 0.2) is 0 Å². The third-order valence-electron chi connectivity index (χ3n) is 2.26. The van der Waals surface area contributed by atoms with Gasteiger partial charge in [0.25, 0.3) is 0 Å². The summed E-state index contributed by atoms with van der Waals surface area (Å²) in [5, 5.41) is 1.56. The Balaban J connectivity index is 2.64. The summed E-state index contributed by atoms with van der Waals surface area (Å²) in [6.45, 7) is 2.02. The van der Waals surface area contributed by atoms with E-state index < -0.39 is 0 Å². The SMILES string of the molecule is CCc1nccn1-c1c(Cl)cc(Cl)cc1Cl. The van der Waals surface area contributed by atoms with E-state index in [1.54, 1.807) is 18.3 Å². The number of halogens is 3. The van der Waals surface area contributed by atoms with Gasteiger partial charge in [-0.25, -0.2) is 4.98 Å². The predicted molar refractivity (Wildman–Crippen MR) is 68.0 cm³/mol. The Bertz CT molecular complexity index is 497. The molecule has 0 aliphatic carbocycles. The van der Waals surface area contributed by atoms with Gasteiger partial charge in [-0.2, -0.15) is 0 Å². The van der Waals surface area contributed by atoms with Crippen LogP contribution < -0.4 is 0 Å². The van der Waals surface area contributed by atoms with Crippen molar-refractivity contribution in [2.75, 3.05) is 0 Å². The minimum atomic E-state index is 0.519. The Morgan fingerprint density at radius 1 is 1.19 bits per heavy atom. The summed E-state index contributed by atoms with van der Waals surface area (Å²) in [5.74, 6) is 0.908. The van der Waals surface area contributed by atoms with Crippen LogP contribution in [0.25, 0.3) is 5.69 Å². The molecule has 0 atom stereocenters. The molecule has 0 radical (unpaired) electrons. The second-order valence-corrected chi connectivity index (χ2v) is 4.54. The summed E-state index contributed by atoms with van der Waals surface area (Å²) < 4.78 is 1.88. The van der Waals surface area contributed by atoms with Crippen molar-refractivity contribution in [2.24, 2.45) is 0 Å². The summed E-state index contributed by atoms with van der Waals surface area (Å²) in [4.78, 5) is 4.23. The van der Waals surface area contributed by atoms with Gasteiger partial charge in [-0.15, -0.1) is 0 Å². The lowest BCUT2D eigenvalue weighted by molar-refractivity contribution is 0.891. The fourth-order valence-corrected chi connectivity index (χ4v) is 2.56. The average Bonchev–Trinajstić information content (AvgIpc) is 2.64. The summed E-state index contributed by atoms with van der Waals surface area (Å²) in [6.07, 6.45) is 4.36. The molecule has 0 aliphatic rings. The first kappa shape index (κ1) is 11.8. The van der Waals surface area contributed by atoms with Crippen LogP contribution in [0, 0.1) is 0 Å². The van der Waals surface area contributed by atoms with Crippen molar-refractivity contribution in [1.82, 2.24) is 9.55 Å². The van der Waals surface area contributed by atoms with E-state index >= 15 is 0 Å². The van der Waals surface area contributed by atoms with Crippen LogP contribution in [-0.2, 0) is 6.42 Å². The van der Waals surface area contributed by atoms with Crippen LogP contribution in [-0.4, -0.2) is 9.55 Å². The van der Waals surface area contributed by atoms with Gasteiger partial charge in [0.2, 0.25) is 0 Å². The summed E-state index contributed by atoms with van der Waals surface area (Å²) in [6, 6.07) is 3.34. The van der Waals surface area contributed by atoms with Crippen LogP contribution in [0.3, 0.4) is 0 Å². The smallest absolute Gasteiger partial charge is 0.112 e. The number of benzene rings is 1. The number of aromatic nitrogens is 2. The molecule has 0 N–H and O–H groups in total. The van der Waals surface area contributed by atoms with Crippen molar-refractivity contribution in [1.29, 1.82) is 0 Å². The molecule has 2 aromatic rings. The number of aryl methyl sites for hydroxylation is 1. The Kier molecular flexibility index (Phi) is 3.43. The Labute approximate surface area is 109 Å². The molecule has 16 heavy (non-hydrogen) atoms. The van der Waals surface area contributed by atoms with Crippen LogP contribution >= 0.6 is 34.8 Å². The number of hydrogen-bond acceptors (Lipinski definition) is 1. The van der Waals surface area contributed by atoms with Gasteiger partial charge >= 0.3 is 0 Å². The maximum absolute atomic E-state index is 6.14. The molecule has 0 saturated carbocycles. The van der Waals surface area contributed by atoms with Crippen LogP contribution in [0.4, 0.5) is 0 Å². The molecular weight excluding hydrogens is 266 g/mol. The monoisotopic (exact) mass is 274 g/mol. The minimum Gasteiger partial charge on any atom is -0.301 e. The number of hydrogen-bond donors (Lipinski definition) is 0. The van der Waals surface area contributed by atoms with Crippen molar-refractivity contribution in [3.05, 3.63) is 45.4 Å². The Morgan fingerprint density at radius 2 is 1.81 bits per heavy atom. The third-order valence-corrected chi connectivity index (χ3v) is 3.05. The molecule has 0 bridgehead atoms. The summed E-state index contributed by atoms with van der Waals surface area (Å²) >= 11 is 18.1. The van der Waals surface area contributed by atoms with E-state index in [1.165, 1.54) is 0 Å². The largest absolute Gasteiger partial charge is 0.301 e. The topological polar surface area (TPSA) is 17.8 Å². The van der Waals surface area contributed by atoms with E-state index in [-0.39, 0.29) is 0 Å². The van der Waals surface area contributed by atoms with Crippen molar-refractivity contribution >= 4 is 34.8 Å². The molecule has 0 fully saturated rings. The van der Waals surface area contributed by atoms with Crippen molar-refractivity contribution in [2.45, 2.75) is 13.3 Å². The Morgan fingerprint density at radius 3 is 2.38 bits per heavy atom. The maximum Gasteiger partial charge on any atom is 0.112 e. The molecule has 5 heteroatoms. The standard InChI is InChI=1S/C11H9Cl3N2/c1-2-10-15-3-4-16(10)11-8(13)5-7(12)6-9(11)14/h3-6H,2H2,1H3. The van der Waals surface area contributed by atoms with E-state index in [0.29, 0.717) is 15.1 Å². The molecule has 1 aromatic carbocycles. The fraction of sp³-hybridized carbons (Fsp3) is 0.182. The third kappa shape index (κ3) is 2.05. The lowest BCUT2D eigenvalue weighted by atomic mass is 10.3. The van der Waals surface area contributed by atoms with Crippen LogP contribution in [0.1, 0.15) is 12.7 Å². The van der Waals surface area contributed by atoms with Crippen LogP contribution in [0.2, 0.25) is 15.1 Å². The molecule has 84 valence electrons. The molecule has 2 rings (SSSR count). The Hall–Kier alpha value is -0.700. The van der Waals surface area contributed by atoms with E-state index in [1.807, 2.05) is 17.7 Å². The maximum atomic E-state index is 6.14. The first-order valence-electron chi connectivity index (χ1n) is 4.80. The van der Waals surface area contributed by atoms with Crippen LogP contribution in [0.15, 0.2) is 24.5 Å². The van der Waals surface area contributed by atoms with Crippen molar-refractivity contribution in [3.8, 4) is 5.69 Å². The lowest BCUT2D eigenvalue weighted by Crippen LogP contribution is -2.00. The molecular formula is C11H9Cl3N2. The highest BCUT2D eigenvalue weighted by Crippen LogP contribution is 2.32. The minimum absolute atomic E-state index is 0.519. The zero-order valence-corrected chi connectivity index (χ0v) is 10.8. The quantitative estimate of drug-likeness (QED) is 0.794. The van der Waals surface area contributed by atoms with Gasteiger partial charge in [-0.3, -0.25) is 0 Å². The lowest BCUT2D eigenvalue weighted by Gasteiger charge is -2.11. The van der Waals surface area contributed by atoms with Gasteiger partial charge in [0.05, 0.1) is 15.7 Å². The molecule has 2 nitrogen and oxygen atoms in total. The summed E-state index contributed by atoms with van der Waals surface area (Å²) in [7, 11) is 0. The van der Waals surface area contributed by atoms with Gasteiger partial charge < -0.3 is 4.57 Å². The van der Waals surface area contributed by atoms with Gasteiger partial charge in [0, 0.05) is 23.8 Å². The normalized spacial score (nSPS) is 10.8. The van der Waals surface area contributed by atoms with Crippen LogP contribution in [0.5, 0.6) is 0 Å². The van der Waals surface area contributed by atoms with E-state index in [0.717, 1.165) is 17.9 Å². The highest BCUT2D eigenvalue weighted by Gasteiger charge is 2.12. The summed E-state index contributed by atoms with van der Waals surface area (Å²) in [5.41, 5.74) is 0.724. The first-order chi connectivity index (χ1) is 7.63.